The third kappa shape index (κ3) is 3.64. The summed E-state index contributed by atoms with van der Waals surface area (Å²) >= 11 is 0. The van der Waals surface area contributed by atoms with Crippen molar-refractivity contribution in [3.05, 3.63) is 63.5 Å². The fourth-order valence-electron chi connectivity index (χ4n) is 2.50. The predicted octanol–water partition coefficient (Wildman–Crippen LogP) is 4.40. The van der Waals surface area contributed by atoms with Gasteiger partial charge in [-0.15, -0.1) is 0 Å². The van der Waals surface area contributed by atoms with Crippen LogP contribution in [0.25, 0.3) is 11.0 Å². The smallest absolute Gasteiger partial charge is 0.412 e. The highest BCUT2D eigenvalue weighted by molar-refractivity contribution is 5.85. The van der Waals surface area contributed by atoms with Crippen LogP contribution >= 0.6 is 0 Å². The van der Waals surface area contributed by atoms with Gasteiger partial charge in [-0.3, -0.25) is 15.4 Å². The molecule has 1 aromatic heterocycles. The number of carbonyl (C=O) groups is 1. The Labute approximate surface area is 149 Å². The van der Waals surface area contributed by atoms with Crippen LogP contribution in [0.15, 0.2) is 36.4 Å². The Kier molecular flexibility index (Phi) is 4.57. The predicted molar refractivity (Wildman–Crippen MR) is 97.2 cm³/mol. The van der Waals surface area contributed by atoms with Crippen molar-refractivity contribution in [3.8, 4) is 0 Å². The van der Waals surface area contributed by atoms with Gasteiger partial charge in [0.15, 0.2) is 6.10 Å². The lowest BCUT2D eigenvalue weighted by molar-refractivity contribution is -0.384. The van der Waals surface area contributed by atoms with Crippen molar-refractivity contribution in [1.29, 1.82) is 0 Å². The van der Waals surface area contributed by atoms with Gasteiger partial charge < -0.3 is 9.72 Å². The molecule has 2 aromatic carbocycles. The number of fused-ring (bicyclic) bond motifs is 1. The number of aromatic nitrogens is 2. The monoisotopic (exact) mass is 354 g/mol. The molecule has 3 aromatic rings. The van der Waals surface area contributed by atoms with Crippen LogP contribution in [0, 0.1) is 24.0 Å². The first-order valence-corrected chi connectivity index (χ1v) is 8.02. The van der Waals surface area contributed by atoms with Gasteiger partial charge in [0.1, 0.15) is 5.82 Å². The van der Waals surface area contributed by atoms with Crippen LogP contribution in [0.5, 0.6) is 0 Å². The molecule has 26 heavy (non-hydrogen) atoms. The molecule has 8 nitrogen and oxygen atoms in total. The fourth-order valence-corrected chi connectivity index (χ4v) is 2.50. The number of aryl methyl sites for hydroxylation is 2. The Morgan fingerprint density at radius 2 is 2.00 bits per heavy atom. The van der Waals surface area contributed by atoms with Crippen molar-refractivity contribution < 1.29 is 14.5 Å². The number of non-ortho nitro benzene ring substituents is 1. The second kappa shape index (κ2) is 6.83. The number of nitro benzene ring substituents is 1. The number of anilines is 1. The Bertz CT molecular complexity index is 996. The van der Waals surface area contributed by atoms with E-state index in [0.717, 1.165) is 11.1 Å². The Balaban J connectivity index is 1.71. The van der Waals surface area contributed by atoms with E-state index in [-0.39, 0.29) is 5.69 Å². The molecule has 0 aliphatic rings. The summed E-state index contributed by atoms with van der Waals surface area (Å²) in [6.45, 7) is 5.62. The molecule has 0 bridgehead atoms. The fraction of sp³-hybridized carbons (Fsp3) is 0.222. The van der Waals surface area contributed by atoms with Gasteiger partial charge in [0.2, 0.25) is 0 Å². The maximum Gasteiger partial charge on any atom is 0.412 e. The molecule has 0 aliphatic heterocycles. The second-order valence-corrected chi connectivity index (χ2v) is 6.05. The average Bonchev–Trinajstić information content (AvgIpc) is 3.01. The maximum atomic E-state index is 12.1. The summed E-state index contributed by atoms with van der Waals surface area (Å²) in [7, 11) is 0. The first kappa shape index (κ1) is 17.4. The van der Waals surface area contributed by atoms with E-state index in [2.05, 4.69) is 15.3 Å². The summed E-state index contributed by atoms with van der Waals surface area (Å²) in [5, 5.41) is 13.5. The quantitative estimate of drug-likeness (QED) is 0.533. The number of carbonyl (C=O) groups excluding carboxylic acids is 1. The summed E-state index contributed by atoms with van der Waals surface area (Å²) in [6, 6.07) is 9.92. The molecule has 1 atom stereocenters. The van der Waals surface area contributed by atoms with E-state index >= 15 is 0 Å². The Morgan fingerprint density at radius 3 is 2.69 bits per heavy atom. The van der Waals surface area contributed by atoms with Crippen molar-refractivity contribution >= 4 is 28.5 Å². The molecular formula is C18H18N4O4. The zero-order valence-corrected chi connectivity index (χ0v) is 14.6. The number of imidazole rings is 1. The van der Waals surface area contributed by atoms with E-state index in [0.29, 0.717) is 22.5 Å². The molecule has 8 heteroatoms. The minimum Gasteiger partial charge on any atom is -0.438 e. The third-order valence-corrected chi connectivity index (χ3v) is 4.12. The van der Waals surface area contributed by atoms with Gasteiger partial charge >= 0.3 is 6.09 Å². The van der Waals surface area contributed by atoms with E-state index in [9.17, 15) is 14.9 Å². The summed E-state index contributed by atoms with van der Waals surface area (Å²) < 4.78 is 5.34. The summed E-state index contributed by atoms with van der Waals surface area (Å²) in [6.07, 6.45) is -1.25. The topological polar surface area (TPSA) is 110 Å². The minimum absolute atomic E-state index is 0.0448. The van der Waals surface area contributed by atoms with Crippen LogP contribution in [0.3, 0.4) is 0 Å². The van der Waals surface area contributed by atoms with Crippen LogP contribution in [0.1, 0.15) is 30.0 Å². The molecule has 2 N–H and O–H groups in total. The number of nitrogens with one attached hydrogen (secondary N) is 2. The van der Waals surface area contributed by atoms with E-state index in [1.165, 1.54) is 12.1 Å². The standard InChI is InChI=1S/C18H18N4O4/c1-10-4-5-13(8-11(10)2)19-18(23)26-12(3)17-20-15-7-6-14(22(24)25)9-16(15)21-17/h4-9,12H,1-3H3,(H,19,23)(H,20,21). The van der Waals surface area contributed by atoms with Gasteiger partial charge in [0.25, 0.3) is 5.69 Å². The molecule has 0 aliphatic carbocycles. The molecule has 134 valence electrons. The summed E-state index contributed by atoms with van der Waals surface area (Å²) in [5.41, 5.74) is 3.88. The number of H-pyrrole nitrogens is 1. The molecule has 0 spiro atoms. The summed E-state index contributed by atoms with van der Waals surface area (Å²) in [5.74, 6) is 0.413. The van der Waals surface area contributed by atoms with Gasteiger partial charge in [0.05, 0.1) is 16.0 Å². The van der Waals surface area contributed by atoms with Crippen LogP contribution in [0.2, 0.25) is 0 Å². The molecule has 1 amide bonds. The number of benzene rings is 2. The van der Waals surface area contributed by atoms with Gasteiger partial charge in [-0.25, -0.2) is 9.78 Å². The van der Waals surface area contributed by atoms with Crippen molar-refractivity contribution in [2.75, 3.05) is 5.32 Å². The minimum atomic E-state index is -0.645. The molecule has 0 saturated heterocycles. The molecule has 1 unspecified atom stereocenters. The Morgan fingerprint density at radius 1 is 1.23 bits per heavy atom. The van der Waals surface area contributed by atoms with Crippen molar-refractivity contribution in [2.24, 2.45) is 0 Å². The van der Waals surface area contributed by atoms with Crippen LogP contribution in [-0.2, 0) is 4.74 Å². The van der Waals surface area contributed by atoms with Gasteiger partial charge in [-0.05, 0) is 50.1 Å². The van der Waals surface area contributed by atoms with E-state index in [1.807, 2.05) is 26.0 Å². The van der Waals surface area contributed by atoms with Crippen LogP contribution in [-0.4, -0.2) is 21.0 Å². The number of nitro groups is 1. The van der Waals surface area contributed by atoms with Crippen molar-refractivity contribution in [1.82, 2.24) is 9.97 Å². The summed E-state index contributed by atoms with van der Waals surface area (Å²) in [4.78, 5) is 29.7. The third-order valence-electron chi connectivity index (χ3n) is 4.12. The highest BCUT2D eigenvalue weighted by Gasteiger charge is 2.17. The SMILES string of the molecule is Cc1ccc(NC(=O)OC(C)c2nc3cc([N+](=O)[O-])ccc3[nH]2)cc1C. The number of rotatable bonds is 4. The molecule has 0 fully saturated rings. The lowest BCUT2D eigenvalue weighted by Gasteiger charge is -2.12. The number of amides is 1. The second-order valence-electron chi connectivity index (χ2n) is 6.05. The number of hydrogen-bond acceptors (Lipinski definition) is 5. The highest BCUT2D eigenvalue weighted by Crippen LogP contribution is 2.23. The highest BCUT2D eigenvalue weighted by atomic mass is 16.6. The number of nitrogens with zero attached hydrogens (tertiary/aromatic N) is 2. The Hall–Kier alpha value is -3.42. The van der Waals surface area contributed by atoms with Gasteiger partial charge in [0, 0.05) is 17.8 Å². The van der Waals surface area contributed by atoms with Crippen LogP contribution in [0.4, 0.5) is 16.2 Å². The van der Waals surface area contributed by atoms with Gasteiger partial charge in [-0.2, -0.15) is 0 Å². The zero-order valence-electron chi connectivity index (χ0n) is 14.6. The zero-order chi connectivity index (χ0) is 18.8. The normalized spacial score (nSPS) is 12.0. The van der Waals surface area contributed by atoms with Crippen LogP contribution < -0.4 is 5.32 Å². The molecule has 1 heterocycles. The number of aromatic amines is 1. The average molecular weight is 354 g/mol. The molecule has 0 saturated carbocycles. The number of ether oxygens (including phenoxy) is 1. The number of hydrogen-bond donors (Lipinski definition) is 2. The van der Waals surface area contributed by atoms with Crippen molar-refractivity contribution in [3.63, 3.8) is 0 Å². The first-order chi connectivity index (χ1) is 12.3. The molecule has 0 radical (unpaired) electrons. The first-order valence-electron chi connectivity index (χ1n) is 8.02. The largest absolute Gasteiger partial charge is 0.438 e. The lowest BCUT2D eigenvalue weighted by atomic mass is 10.1. The van der Waals surface area contributed by atoms with E-state index in [4.69, 9.17) is 4.74 Å². The van der Waals surface area contributed by atoms with E-state index in [1.54, 1.807) is 19.1 Å². The lowest BCUT2D eigenvalue weighted by Crippen LogP contribution is -2.16. The molecular weight excluding hydrogens is 336 g/mol. The van der Waals surface area contributed by atoms with Gasteiger partial charge in [-0.1, -0.05) is 6.07 Å². The van der Waals surface area contributed by atoms with E-state index < -0.39 is 17.1 Å². The molecule has 3 rings (SSSR count). The van der Waals surface area contributed by atoms with Crippen molar-refractivity contribution in [2.45, 2.75) is 26.9 Å². The maximum absolute atomic E-state index is 12.1.